The first-order chi connectivity index (χ1) is 11.6. The maximum atomic E-state index is 12.1. The molecule has 0 saturated heterocycles. The van der Waals surface area contributed by atoms with Crippen molar-refractivity contribution in [1.29, 1.82) is 0 Å². The number of amides is 1. The number of imidazole rings is 1. The Bertz CT molecular complexity index is 892. The summed E-state index contributed by atoms with van der Waals surface area (Å²) in [5.74, 6) is 1.16. The quantitative estimate of drug-likeness (QED) is 0.664. The molecule has 4 N–H and O–H groups in total. The third-order valence-electron chi connectivity index (χ3n) is 4.54. The number of aromatic amines is 1. The fraction of sp³-hybridized carbons (Fsp3) is 0.353. The van der Waals surface area contributed by atoms with Gasteiger partial charge in [-0.25, -0.2) is 4.98 Å². The van der Waals surface area contributed by atoms with Crippen LogP contribution < -0.4 is 11.1 Å². The molecule has 2 heterocycles. The van der Waals surface area contributed by atoms with Crippen molar-refractivity contribution in [2.75, 3.05) is 0 Å². The standard InChI is InChI=1S/C17H20N6O/c1-23-14(6-7-20-23)17(24)19-9-15-21-12-5-4-11(8-13(12)22-15)16(18)10-2-3-10/h4-8,10,16H,2-3,9,18H2,1H3,(H,19,24)(H,21,22). The van der Waals surface area contributed by atoms with Crippen molar-refractivity contribution in [1.82, 2.24) is 25.1 Å². The molecule has 0 aliphatic heterocycles. The lowest BCUT2D eigenvalue weighted by Crippen LogP contribution is -2.25. The number of H-pyrrole nitrogens is 1. The topological polar surface area (TPSA) is 102 Å². The summed E-state index contributed by atoms with van der Waals surface area (Å²) in [7, 11) is 1.74. The van der Waals surface area contributed by atoms with Crippen LogP contribution in [-0.2, 0) is 13.6 Å². The second-order valence-electron chi connectivity index (χ2n) is 6.35. The van der Waals surface area contributed by atoms with Crippen molar-refractivity contribution in [2.45, 2.75) is 25.4 Å². The summed E-state index contributed by atoms with van der Waals surface area (Å²) in [5.41, 5.74) is 9.75. The average Bonchev–Trinajstić information content (AvgIpc) is 3.21. The van der Waals surface area contributed by atoms with Gasteiger partial charge in [0.25, 0.3) is 5.91 Å². The highest BCUT2D eigenvalue weighted by Crippen LogP contribution is 2.39. The molecule has 1 aromatic carbocycles. The summed E-state index contributed by atoms with van der Waals surface area (Å²) in [6, 6.07) is 7.88. The number of benzene rings is 1. The molecule has 1 amide bonds. The molecule has 0 spiro atoms. The largest absolute Gasteiger partial charge is 0.343 e. The van der Waals surface area contributed by atoms with Gasteiger partial charge < -0.3 is 16.0 Å². The van der Waals surface area contributed by atoms with Gasteiger partial charge in [-0.15, -0.1) is 0 Å². The van der Waals surface area contributed by atoms with E-state index < -0.39 is 0 Å². The van der Waals surface area contributed by atoms with Crippen LogP contribution in [0.1, 0.15) is 40.8 Å². The molecular weight excluding hydrogens is 304 g/mol. The number of rotatable bonds is 5. The third kappa shape index (κ3) is 2.78. The highest BCUT2D eigenvalue weighted by atomic mass is 16.2. The van der Waals surface area contributed by atoms with Crippen LogP contribution in [0.5, 0.6) is 0 Å². The zero-order valence-corrected chi connectivity index (χ0v) is 13.5. The van der Waals surface area contributed by atoms with E-state index in [1.807, 2.05) is 12.1 Å². The molecule has 2 aromatic heterocycles. The average molecular weight is 324 g/mol. The Hall–Kier alpha value is -2.67. The van der Waals surface area contributed by atoms with Crippen molar-refractivity contribution in [3.05, 3.63) is 47.5 Å². The first-order valence-corrected chi connectivity index (χ1v) is 8.12. The van der Waals surface area contributed by atoms with E-state index in [1.54, 1.807) is 24.0 Å². The van der Waals surface area contributed by atoms with Crippen LogP contribution in [0.25, 0.3) is 11.0 Å². The van der Waals surface area contributed by atoms with E-state index in [-0.39, 0.29) is 11.9 Å². The van der Waals surface area contributed by atoms with E-state index in [4.69, 9.17) is 5.73 Å². The Labute approximate surface area is 139 Å². The molecule has 124 valence electrons. The minimum Gasteiger partial charge on any atom is -0.343 e. The van der Waals surface area contributed by atoms with E-state index in [0.717, 1.165) is 22.4 Å². The van der Waals surface area contributed by atoms with E-state index in [2.05, 4.69) is 26.4 Å². The number of hydrogen-bond acceptors (Lipinski definition) is 4. The summed E-state index contributed by atoms with van der Waals surface area (Å²) in [5, 5.41) is 6.84. The summed E-state index contributed by atoms with van der Waals surface area (Å²) in [6.07, 6.45) is 4.03. The number of aromatic nitrogens is 4. The highest BCUT2D eigenvalue weighted by Gasteiger charge is 2.29. The van der Waals surface area contributed by atoms with E-state index >= 15 is 0 Å². The van der Waals surface area contributed by atoms with Gasteiger partial charge in [0.15, 0.2) is 0 Å². The van der Waals surface area contributed by atoms with Crippen LogP contribution in [-0.4, -0.2) is 25.7 Å². The minimum absolute atomic E-state index is 0.102. The van der Waals surface area contributed by atoms with Gasteiger partial charge >= 0.3 is 0 Å². The molecule has 7 heteroatoms. The lowest BCUT2D eigenvalue weighted by Gasteiger charge is -2.09. The number of aryl methyl sites for hydroxylation is 1. The van der Waals surface area contributed by atoms with E-state index in [9.17, 15) is 4.79 Å². The van der Waals surface area contributed by atoms with Crippen LogP contribution in [0.15, 0.2) is 30.5 Å². The van der Waals surface area contributed by atoms with Gasteiger partial charge in [-0.05, 0) is 42.5 Å². The summed E-state index contributed by atoms with van der Waals surface area (Å²) in [6.45, 7) is 0.336. The maximum absolute atomic E-state index is 12.1. The van der Waals surface area contributed by atoms with Gasteiger partial charge in [0, 0.05) is 19.3 Å². The molecule has 1 aliphatic rings. The zero-order valence-electron chi connectivity index (χ0n) is 13.5. The normalized spacial score (nSPS) is 15.6. The predicted molar refractivity (Wildman–Crippen MR) is 90.1 cm³/mol. The Morgan fingerprint density at radius 1 is 1.46 bits per heavy atom. The van der Waals surface area contributed by atoms with Crippen molar-refractivity contribution in [3.8, 4) is 0 Å². The molecule has 1 atom stereocenters. The predicted octanol–water partition coefficient (Wildman–Crippen LogP) is 1.64. The Kier molecular flexibility index (Phi) is 3.57. The zero-order chi connectivity index (χ0) is 16.7. The van der Waals surface area contributed by atoms with Crippen LogP contribution >= 0.6 is 0 Å². The molecule has 0 radical (unpaired) electrons. The van der Waals surface area contributed by atoms with Gasteiger partial charge in [0.05, 0.1) is 17.6 Å². The Balaban J connectivity index is 1.48. The second kappa shape index (κ2) is 5.76. The number of fused-ring (bicyclic) bond motifs is 1. The van der Waals surface area contributed by atoms with E-state index in [1.165, 1.54) is 12.8 Å². The van der Waals surface area contributed by atoms with Crippen LogP contribution in [0.3, 0.4) is 0 Å². The second-order valence-corrected chi connectivity index (χ2v) is 6.35. The highest BCUT2D eigenvalue weighted by molar-refractivity contribution is 5.92. The van der Waals surface area contributed by atoms with Gasteiger partial charge in [-0.3, -0.25) is 9.48 Å². The summed E-state index contributed by atoms with van der Waals surface area (Å²) >= 11 is 0. The molecule has 1 fully saturated rings. The van der Waals surface area contributed by atoms with E-state index in [0.29, 0.717) is 18.2 Å². The number of nitrogens with two attached hydrogens (primary N) is 1. The molecule has 3 aromatic rings. The number of nitrogens with one attached hydrogen (secondary N) is 2. The van der Waals surface area contributed by atoms with Crippen molar-refractivity contribution < 1.29 is 4.79 Å². The van der Waals surface area contributed by atoms with Crippen LogP contribution in [0.2, 0.25) is 0 Å². The molecule has 4 rings (SSSR count). The Morgan fingerprint density at radius 3 is 3.00 bits per heavy atom. The summed E-state index contributed by atoms with van der Waals surface area (Å²) < 4.78 is 1.54. The fourth-order valence-corrected chi connectivity index (χ4v) is 2.95. The number of carbonyl (C=O) groups is 1. The summed E-state index contributed by atoms with van der Waals surface area (Å²) in [4.78, 5) is 19.9. The molecule has 1 unspecified atom stereocenters. The third-order valence-corrected chi connectivity index (χ3v) is 4.54. The van der Waals surface area contributed by atoms with Crippen molar-refractivity contribution in [2.24, 2.45) is 18.7 Å². The Morgan fingerprint density at radius 2 is 2.29 bits per heavy atom. The number of nitrogens with zero attached hydrogens (tertiary/aromatic N) is 3. The van der Waals surface area contributed by atoms with Crippen LogP contribution in [0, 0.1) is 5.92 Å². The number of carbonyl (C=O) groups excluding carboxylic acids is 1. The first kappa shape index (κ1) is 14.9. The van der Waals surface area contributed by atoms with Crippen molar-refractivity contribution in [3.63, 3.8) is 0 Å². The SMILES string of the molecule is Cn1nccc1C(=O)NCc1nc2ccc(C(N)C3CC3)cc2[nH]1. The molecule has 24 heavy (non-hydrogen) atoms. The molecule has 7 nitrogen and oxygen atoms in total. The minimum atomic E-state index is -0.174. The lowest BCUT2D eigenvalue weighted by atomic mass is 10.0. The van der Waals surface area contributed by atoms with Crippen molar-refractivity contribution >= 4 is 16.9 Å². The number of hydrogen-bond donors (Lipinski definition) is 3. The van der Waals surface area contributed by atoms with Crippen LogP contribution in [0.4, 0.5) is 0 Å². The monoisotopic (exact) mass is 324 g/mol. The van der Waals surface area contributed by atoms with Gasteiger partial charge in [0.2, 0.25) is 0 Å². The smallest absolute Gasteiger partial charge is 0.269 e. The van der Waals surface area contributed by atoms with Gasteiger partial charge in [0.1, 0.15) is 11.5 Å². The maximum Gasteiger partial charge on any atom is 0.269 e. The molecule has 1 saturated carbocycles. The van der Waals surface area contributed by atoms with Gasteiger partial charge in [-0.2, -0.15) is 5.10 Å². The molecule has 0 bridgehead atoms. The first-order valence-electron chi connectivity index (χ1n) is 8.12. The molecular formula is C17H20N6O. The molecule has 1 aliphatic carbocycles. The fourth-order valence-electron chi connectivity index (χ4n) is 2.95. The lowest BCUT2D eigenvalue weighted by molar-refractivity contribution is 0.0940. The van der Waals surface area contributed by atoms with Gasteiger partial charge in [-0.1, -0.05) is 6.07 Å².